The maximum Gasteiger partial charge on any atom is 0.328 e. The van der Waals surface area contributed by atoms with Crippen LogP contribution in [0.3, 0.4) is 0 Å². The highest BCUT2D eigenvalue weighted by Gasteiger charge is 2.30. The molecule has 30 nitrogen and oxygen atoms in total. The first-order valence-electron chi connectivity index (χ1n) is 39.9. The first-order chi connectivity index (χ1) is 55.0. The van der Waals surface area contributed by atoms with Gasteiger partial charge in [-0.2, -0.15) is 9.97 Å². The van der Waals surface area contributed by atoms with E-state index in [0.29, 0.717) is 167 Å². The van der Waals surface area contributed by atoms with E-state index in [1.54, 1.807) is 16.7 Å². The number of hydrogen-bond donors (Lipinski definition) is 4. The average Bonchev–Trinajstić information content (AvgIpc) is 1.09. The van der Waals surface area contributed by atoms with Gasteiger partial charge in [-0.25, -0.2) is 14.1 Å². The lowest BCUT2D eigenvalue weighted by molar-refractivity contribution is -0.134. The molecule has 0 spiro atoms. The molecule has 1 unspecified atom stereocenters. The molecule has 5 N–H and O–H groups in total. The van der Waals surface area contributed by atoms with Gasteiger partial charge in [0.05, 0.1) is 97.0 Å². The lowest BCUT2D eigenvalue weighted by Gasteiger charge is -2.35. The van der Waals surface area contributed by atoms with E-state index in [1.165, 1.54) is 4.57 Å². The first-order valence-corrected chi connectivity index (χ1v) is 39.9. The Kier molecular flexibility index (Phi) is 35.5. The van der Waals surface area contributed by atoms with E-state index in [9.17, 15) is 38.4 Å². The SMILES string of the molecule is CCC(=O)CCOCCOCCCC(=O)C(CCCCc1cn(CCOCCOCCOCCNC(=O)CCC(=O)N2CCN(C(=O)c3ccccc3-c3c4ccc(=[N+](CC)CC)cc-4oc4cc(N(CC)CC)ccc34)CC2)nn1)NC(=O)CCC(=O)CCc1ccc(Cn2c(=O)[nH]c3c(N)nc(OCCOC)nc32)cc1. The maximum atomic E-state index is 14.6. The Labute approximate surface area is 659 Å². The predicted molar refractivity (Wildman–Crippen MR) is 429 cm³/mol. The molecule has 3 aromatic carbocycles. The third-order valence-corrected chi connectivity index (χ3v) is 20.0. The molecule has 2 aliphatic heterocycles. The second-order valence-corrected chi connectivity index (χ2v) is 27.7. The fourth-order valence-electron chi connectivity index (χ4n) is 13.5. The number of imidazole rings is 1. The van der Waals surface area contributed by atoms with Crippen LogP contribution in [0.5, 0.6) is 6.01 Å². The van der Waals surface area contributed by atoms with Crippen molar-refractivity contribution in [1.29, 1.82) is 0 Å². The number of hydrogen-bond acceptors (Lipinski definition) is 22. The van der Waals surface area contributed by atoms with Crippen LogP contribution in [0.1, 0.15) is 139 Å². The van der Waals surface area contributed by atoms with Crippen LogP contribution in [0.2, 0.25) is 0 Å². The molecule has 0 bridgehead atoms. The molecule has 1 saturated heterocycles. The molecule has 0 radical (unpaired) electrons. The number of amides is 4. The molecule has 1 atom stereocenters. The summed E-state index contributed by atoms with van der Waals surface area (Å²) in [6.07, 6.45) is 6.32. The second kappa shape index (κ2) is 46.2. The van der Waals surface area contributed by atoms with Gasteiger partial charge in [0.25, 0.3) is 5.91 Å². The molecule has 1 aliphatic carbocycles. The molecule has 30 heteroatoms. The van der Waals surface area contributed by atoms with Gasteiger partial charge in [0.2, 0.25) is 23.1 Å². The van der Waals surface area contributed by atoms with Crippen LogP contribution in [0.4, 0.5) is 11.5 Å². The molecule has 113 heavy (non-hydrogen) atoms. The summed E-state index contributed by atoms with van der Waals surface area (Å²) >= 11 is 0. The number of benzene rings is 4. The molecule has 1 fully saturated rings. The van der Waals surface area contributed by atoms with Gasteiger partial charge in [-0.15, -0.1) is 5.10 Å². The molecule has 5 heterocycles. The number of nitrogen functional groups attached to an aromatic ring is 1. The Morgan fingerprint density at radius 3 is 2.09 bits per heavy atom. The van der Waals surface area contributed by atoms with Gasteiger partial charge in [0.15, 0.2) is 17.2 Å². The summed E-state index contributed by atoms with van der Waals surface area (Å²) in [6, 6.07) is 27.2. The molecule has 0 saturated carbocycles. The molecular formula is C83H113N14O16+. The number of piperazine rings is 1. The topological polar surface area (TPSA) is 354 Å². The van der Waals surface area contributed by atoms with Crippen LogP contribution >= 0.6 is 0 Å². The van der Waals surface area contributed by atoms with Crippen LogP contribution in [0.25, 0.3) is 44.6 Å². The van der Waals surface area contributed by atoms with Crippen molar-refractivity contribution < 1.29 is 71.1 Å². The van der Waals surface area contributed by atoms with Crippen molar-refractivity contribution in [2.24, 2.45) is 0 Å². The van der Waals surface area contributed by atoms with Crippen molar-refractivity contribution in [3.63, 3.8) is 0 Å². The number of methoxy groups -OCH3 is 1. The number of ketones is 3. The summed E-state index contributed by atoms with van der Waals surface area (Å²) in [7, 11) is 1.55. The van der Waals surface area contributed by atoms with E-state index >= 15 is 0 Å². The number of Topliss-reactive ketones (excluding diaryl/α,β-unsaturated/α-hetero) is 3. The zero-order valence-corrected chi connectivity index (χ0v) is 66.5. The van der Waals surface area contributed by atoms with E-state index in [0.717, 1.165) is 87.5 Å². The maximum absolute atomic E-state index is 14.6. The predicted octanol–water partition coefficient (Wildman–Crippen LogP) is 7.41. The number of ether oxygens (including phenoxy) is 7. The number of fused-ring (bicyclic) bond motifs is 3. The Morgan fingerprint density at radius 1 is 0.655 bits per heavy atom. The number of unbranched alkanes of at least 4 members (excludes halogenated alkanes) is 1. The minimum absolute atomic E-state index is 0.0140. The van der Waals surface area contributed by atoms with Gasteiger partial charge in [0, 0.05) is 157 Å². The highest BCUT2D eigenvalue weighted by Crippen LogP contribution is 2.42. The molecule has 9 rings (SSSR count). The zero-order chi connectivity index (χ0) is 80.3. The van der Waals surface area contributed by atoms with Gasteiger partial charge in [0.1, 0.15) is 48.1 Å². The number of nitrogens with two attached hydrogens (primary N) is 1. The molecule has 3 aromatic heterocycles. The number of aryl methyl sites for hydroxylation is 2. The third kappa shape index (κ3) is 26.5. The summed E-state index contributed by atoms with van der Waals surface area (Å²) in [5, 5.41) is 16.3. The van der Waals surface area contributed by atoms with Gasteiger partial charge in [-0.3, -0.25) is 38.1 Å². The number of carbonyl (C=O) groups is 7. The number of aromatic nitrogens is 7. The molecule has 6 aromatic rings. The Hall–Kier alpha value is -10.1. The van der Waals surface area contributed by atoms with E-state index in [1.807, 2.05) is 66.6 Å². The highest BCUT2D eigenvalue weighted by atomic mass is 16.5. The molecule has 610 valence electrons. The Balaban J connectivity index is 0.619. The van der Waals surface area contributed by atoms with Crippen LogP contribution in [0, 0.1) is 0 Å². The standard InChI is InChI=1S/C83H112N14O16/c1-7-64(98)36-44-108-49-48-107-43-16-21-71(100)70(86-75(102)33-30-65(99)29-26-59-22-24-60(25-23-59)57-97-80-78(87-83(97)105)79(84)88-82(89-80)112-54-47-106-6)20-15-12-17-61-58-96(91-90-61)42-46-110-51-53-111-52-50-109-45-37-85-74(101)34-35-76(103)94-38-40-95(41-39-94)81(104)67-19-14-13-18-66(67)77-68-31-27-62(92(8-2)9-3)55-72(68)113-73-56-63(28-32-69(73)77)93(10-4)11-5/h13-14,18-19,22-25,27-28,31-32,55-56,58,70,84H,7-12,15-17,20-21,26,29-30,33-54,57H2,1-6H3,(H3,85,86,101,102,104)/p+1. The van der Waals surface area contributed by atoms with E-state index in [4.69, 9.17) is 43.3 Å². The lowest BCUT2D eigenvalue weighted by Crippen LogP contribution is -2.50. The summed E-state index contributed by atoms with van der Waals surface area (Å²) in [6.45, 7) is 20.0. The third-order valence-electron chi connectivity index (χ3n) is 20.0. The number of nitrogens with zero attached hydrogens (tertiary/aromatic N) is 10. The Morgan fingerprint density at radius 2 is 1.35 bits per heavy atom. The van der Waals surface area contributed by atoms with Gasteiger partial charge >= 0.3 is 11.7 Å². The smallest absolute Gasteiger partial charge is 0.328 e. The summed E-state index contributed by atoms with van der Waals surface area (Å²) in [5.74, 6) is -0.138. The largest absolute Gasteiger partial charge is 0.461 e. The van der Waals surface area contributed by atoms with E-state index < -0.39 is 11.7 Å². The fraction of sp³-hybridized carbons (Fsp3) is 0.530. The number of anilines is 2. The molecular weight excluding hydrogens is 1450 g/mol. The summed E-state index contributed by atoms with van der Waals surface area (Å²) in [4.78, 5) is 122. The molecule has 4 amide bonds. The fourth-order valence-corrected chi connectivity index (χ4v) is 13.5. The van der Waals surface area contributed by atoms with Crippen molar-refractivity contribution in [3.05, 3.63) is 129 Å². The van der Waals surface area contributed by atoms with Crippen LogP contribution < -0.4 is 41.6 Å². The van der Waals surface area contributed by atoms with Crippen LogP contribution in [-0.4, -0.2) is 237 Å². The second-order valence-electron chi connectivity index (χ2n) is 27.7. The number of carbonyl (C=O) groups excluding carboxylic acids is 7. The number of aromatic amines is 1. The number of H-pyrrole nitrogens is 1. The van der Waals surface area contributed by atoms with E-state index in [2.05, 4.69) is 109 Å². The molecule has 3 aliphatic rings. The van der Waals surface area contributed by atoms with Crippen LogP contribution in [-0.2, 0) is 83.1 Å². The number of rotatable bonds is 52. The van der Waals surface area contributed by atoms with Crippen LogP contribution in [0.15, 0.2) is 100 Å². The van der Waals surface area contributed by atoms with Gasteiger partial charge in [-0.1, -0.05) is 61.0 Å². The quantitative estimate of drug-likeness (QED) is 0.0164. The van der Waals surface area contributed by atoms with Crippen molar-refractivity contribution >= 4 is 74.6 Å². The van der Waals surface area contributed by atoms with Crippen molar-refractivity contribution in [2.75, 3.05) is 156 Å². The van der Waals surface area contributed by atoms with Crippen molar-refractivity contribution in [1.82, 2.24) is 59.5 Å². The minimum atomic E-state index is -0.749. The average molecular weight is 1560 g/mol. The van der Waals surface area contributed by atoms with Crippen molar-refractivity contribution in [3.8, 4) is 28.5 Å². The highest BCUT2D eigenvalue weighted by molar-refractivity contribution is 6.09. The zero-order valence-electron chi connectivity index (χ0n) is 66.5. The van der Waals surface area contributed by atoms with Crippen molar-refractivity contribution in [2.45, 2.75) is 144 Å². The minimum Gasteiger partial charge on any atom is -0.461 e. The van der Waals surface area contributed by atoms with Gasteiger partial charge in [-0.05, 0) is 101 Å². The van der Waals surface area contributed by atoms with E-state index in [-0.39, 0.29) is 118 Å². The van der Waals surface area contributed by atoms with Gasteiger partial charge < -0.3 is 73.6 Å². The first kappa shape index (κ1) is 86.9. The Bertz CT molecular complexity index is 4500. The summed E-state index contributed by atoms with van der Waals surface area (Å²) in [5.41, 5.74) is 13.8. The lowest BCUT2D eigenvalue weighted by atomic mass is 9.90. The normalized spacial score (nSPS) is 12.6. The summed E-state index contributed by atoms with van der Waals surface area (Å²) < 4.78 is 51.0. The monoisotopic (exact) mass is 1560 g/mol. The number of nitrogens with one attached hydrogen (secondary N) is 3.